The van der Waals surface area contributed by atoms with Gasteiger partial charge in [0.15, 0.2) is 0 Å². The number of benzene rings is 3. The number of ether oxygens (including phenoxy) is 1. The van der Waals surface area contributed by atoms with Crippen LogP contribution >= 0.6 is 11.6 Å². The Hall–Kier alpha value is -3.41. The summed E-state index contributed by atoms with van der Waals surface area (Å²) >= 11 is 6.44. The zero-order chi connectivity index (χ0) is 23.5. The molecule has 0 atom stereocenters. The van der Waals surface area contributed by atoms with Gasteiger partial charge in [0.2, 0.25) is 0 Å². The smallest absolute Gasteiger partial charge is 0.254 e. The van der Waals surface area contributed by atoms with Crippen LogP contribution in [-0.2, 0) is 6.54 Å². The number of pyridine rings is 1. The Kier molecular flexibility index (Phi) is 6.48. The Labute approximate surface area is 204 Å². The molecule has 0 spiro atoms. The maximum absolute atomic E-state index is 13.7. The molecular weight excluding hydrogens is 446 g/mol. The Balaban J connectivity index is 1.37. The number of rotatable bonds is 5. The Morgan fingerprint density at radius 1 is 0.941 bits per heavy atom. The summed E-state index contributed by atoms with van der Waals surface area (Å²) in [6.45, 7) is 3.85. The lowest BCUT2D eigenvalue weighted by Crippen LogP contribution is -2.48. The van der Waals surface area contributed by atoms with Crippen LogP contribution in [0.2, 0.25) is 5.02 Å². The number of para-hydroxylation sites is 1. The summed E-state index contributed by atoms with van der Waals surface area (Å²) in [6.07, 6.45) is 0. The van der Waals surface area contributed by atoms with Crippen molar-refractivity contribution >= 4 is 28.4 Å². The van der Waals surface area contributed by atoms with Crippen LogP contribution in [0.4, 0.5) is 0 Å². The Bertz CT molecular complexity index is 1330. The highest BCUT2D eigenvalue weighted by molar-refractivity contribution is 6.33. The fourth-order valence-corrected chi connectivity index (χ4v) is 4.70. The van der Waals surface area contributed by atoms with Gasteiger partial charge in [0, 0.05) is 48.7 Å². The van der Waals surface area contributed by atoms with E-state index in [4.69, 9.17) is 21.3 Å². The standard InChI is InChI=1S/C28H26ClN3O2/c1-34-21-8-6-7-20(17-21)19-31-13-15-32(16-14-31)28(33)24-18-27(23-10-2-4-11-25(23)29)30-26-12-5-3-9-22(24)26/h2-12,17-18H,13-16,19H2,1H3. The summed E-state index contributed by atoms with van der Waals surface area (Å²) < 4.78 is 5.34. The SMILES string of the molecule is COc1cccc(CN2CCN(C(=O)c3cc(-c4ccccc4Cl)nc4ccccc34)CC2)c1. The quantitative estimate of drug-likeness (QED) is 0.384. The van der Waals surface area contributed by atoms with Gasteiger partial charge < -0.3 is 9.64 Å². The molecule has 5 nitrogen and oxygen atoms in total. The van der Waals surface area contributed by atoms with Crippen LogP contribution in [0.25, 0.3) is 22.2 Å². The molecule has 0 bridgehead atoms. The van der Waals surface area contributed by atoms with E-state index in [0.717, 1.165) is 41.9 Å². The lowest BCUT2D eigenvalue weighted by molar-refractivity contribution is 0.0630. The topological polar surface area (TPSA) is 45.7 Å². The molecule has 1 amide bonds. The average Bonchev–Trinajstić information content (AvgIpc) is 2.88. The first-order valence-corrected chi connectivity index (χ1v) is 11.8. The van der Waals surface area contributed by atoms with Gasteiger partial charge in [0.25, 0.3) is 5.91 Å². The van der Waals surface area contributed by atoms with E-state index < -0.39 is 0 Å². The van der Waals surface area contributed by atoms with Gasteiger partial charge in [-0.05, 0) is 35.9 Å². The van der Waals surface area contributed by atoms with Crippen molar-refractivity contribution < 1.29 is 9.53 Å². The second-order valence-electron chi connectivity index (χ2n) is 8.47. The van der Waals surface area contributed by atoms with Gasteiger partial charge in [-0.15, -0.1) is 0 Å². The number of nitrogens with zero attached hydrogens (tertiary/aromatic N) is 3. The monoisotopic (exact) mass is 471 g/mol. The predicted octanol–water partition coefficient (Wildman–Crippen LogP) is 5.52. The third-order valence-electron chi connectivity index (χ3n) is 6.30. The van der Waals surface area contributed by atoms with Crippen LogP contribution in [0.15, 0.2) is 78.9 Å². The molecule has 3 aromatic carbocycles. The van der Waals surface area contributed by atoms with Crippen molar-refractivity contribution in [1.82, 2.24) is 14.8 Å². The van der Waals surface area contributed by atoms with Gasteiger partial charge in [-0.2, -0.15) is 0 Å². The van der Waals surface area contributed by atoms with Crippen molar-refractivity contribution in [1.29, 1.82) is 0 Å². The van der Waals surface area contributed by atoms with Crippen LogP contribution < -0.4 is 4.74 Å². The minimum Gasteiger partial charge on any atom is -0.497 e. The van der Waals surface area contributed by atoms with Crippen molar-refractivity contribution in [3.63, 3.8) is 0 Å². The van der Waals surface area contributed by atoms with Crippen molar-refractivity contribution in [2.75, 3.05) is 33.3 Å². The lowest BCUT2D eigenvalue weighted by atomic mass is 10.0. The van der Waals surface area contributed by atoms with Crippen molar-refractivity contribution in [3.8, 4) is 17.0 Å². The molecule has 1 saturated heterocycles. The van der Waals surface area contributed by atoms with E-state index in [2.05, 4.69) is 17.0 Å². The van der Waals surface area contributed by atoms with Crippen LogP contribution in [-0.4, -0.2) is 54.0 Å². The second kappa shape index (κ2) is 9.84. The molecule has 1 aromatic heterocycles. The number of carbonyl (C=O) groups is 1. The maximum atomic E-state index is 13.7. The molecule has 0 aliphatic carbocycles. The number of halogens is 1. The van der Waals surface area contributed by atoms with Crippen LogP contribution in [0, 0.1) is 0 Å². The first kappa shape index (κ1) is 22.4. The predicted molar refractivity (Wildman–Crippen MR) is 136 cm³/mol. The summed E-state index contributed by atoms with van der Waals surface area (Å²) in [7, 11) is 1.68. The molecular formula is C28H26ClN3O2. The summed E-state index contributed by atoms with van der Waals surface area (Å²) in [5.74, 6) is 0.901. The third kappa shape index (κ3) is 4.63. The number of hydrogen-bond acceptors (Lipinski definition) is 4. The fourth-order valence-electron chi connectivity index (χ4n) is 4.47. The van der Waals surface area contributed by atoms with Crippen molar-refractivity contribution in [2.45, 2.75) is 6.54 Å². The van der Waals surface area contributed by atoms with Gasteiger partial charge in [0.05, 0.1) is 23.9 Å². The number of aromatic nitrogens is 1. The molecule has 1 fully saturated rings. The highest BCUT2D eigenvalue weighted by atomic mass is 35.5. The molecule has 1 aliphatic rings. The van der Waals surface area contributed by atoms with Crippen molar-refractivity contribution in [3.05, 3.63) is 95.0 Å². The van der Waals surface area contributed by atoms with E-state index in [0.29, 0.717) is 29.4 Å². The zero-order valence-corrected chi connectivity index (χ0v) is 19.8. The molecule has 0 saturated carbocycles. The lowest BCUT2D eigenvalue weighted by Gasteiger charge is -2.35. The summed E-state index contributed by atoms with van der Waals surface area (Å²) in [5, 5.41) is 1.48. The van der Waals surface area contributed by atoms with Gasteiger partial charge in [-0.25, -0.2) is 4.98 Å². The number of carbonyl (C=O) groups excluding carboxylic acids is 1. The number of hydrogen-bond donors (Lipinski definition) is 0. The number of piperazine rings is 1. The Morgan fingerprint density at radius 3 is 2.50 bits per heavy atom. The average molecular weight is 472 g/mol. The first-order chi connectivity index (χ1) is 16.6. The molecule has 1 aliphatic heterocycles. The minimum absolute atomic E-state index is 0.0351. The van der Waals surface area contributed by atoms with Gasteiger partial charge >= 0.3 is 0 Å². The number of amides is 1. The first-order valence-electron chi connectivity index (χ1n) is 11.4. The number of methoxy groups -OCH3 is 1. The molecule has 172 valence electrons. The third-order valence-corrected chi connectivity index (χ3v) is 6.63. The zero-order valence-electron chi connectivity index (χ0n) is 19.1. The molecule has 4 aromatic rings. The minimum atomic E-state index is 0.0351. The normalized spacial score (nSPS) is 14.4. The van der Waals surface area contributed by atoms with Gasteiger partial charge in [-0.1, -0.05) is 60.1 Å². The Morgan fingerprint density at radius 2 is 1.71 bits per heavy atom. The van der Waals surface area contributed by atoms with E-state index in [1.807, 2.05) is 71.6 Å². The second-order valence-corrected chi connectivity index (χ2v) is 8.88. The van der Waals surface area contributed by atoms with Crippen molar-refractivity contribution in [2.24, 2.45) is 0 Å². The number of fused-ring (bicyclic) bond motifs is 1. The van der Waals surface area contributed by atoms with Gasteiger partial charge in [0.1, 0.15) is 5.75 Å². The maximum Gasteiger partial charge on any atom is 0.254 e. The molecule has 6 heteroatoms. The molecule has 0 unspecified atom stereocenters. The summed E-state index contributed by atoms with van der Waals surface area (Å²) in [5.41, 5.74) is 4.21. The fraction of sp³-hybridized carbons (Fsp3) is 0.214. The van der Waals surface area contributed by atoms with Crippen LogP contribution in [0.1, 0.15) is 15.9 Å². The highest BCUT2D eigenvalue weighted by Gasteiger charge is 2.24. The molecule has 5 rings (SSSR count). The molecule has 0 radical (unpaired) electrons. The largest absolute Gasteiger partial charge is 0.497 e. The van der Waals surface area contributed by atoms with Crippen LogP contribution in [0.3, 0.4) is 0 Å². The van der Waals surface area contributed by atoms with E-state index >= 15 is 0 Å². The molecule has 34 heavy (non-hydrogen) atoms. The summed E-state index contributed by atoms with van der Waals surface area (Å²) in [6, 6.07) is 25.4. The highest BCUT2D eigenvalue weighted by Crippen LogP contribution is 2.30. The molecule has 0 N–H and O–H groups in total. The molecule has 2 heterocycles. The van der Waals surface area contributed by atoms with Gasteiger partial charge in [-0.3, -0.25) is 9.69 Å². The van der Waals surface area contributed by atoms with E-state index in [-0.39, 0.29) is 5.91 Å². The summed E-state index contributed by atoms with van der Waals surface area (Å²) in [4.78, 5) is 22.8. The van der Waals surface area contributed by atoms with E-state index in [9.17, 15) is 4.79 Å². The van der Waals surface area contributed by atoms with E-state index in [1.165, 1.54) is 5.56 Å². The van der Waals surface area contributed by atoms with Crippen LogP contribution in [0.5, 0.6) is 5.75 Å². The van der Waals surface area contributed by atoms with E-state index in [1.54, 1.807) is 7.11 Å².